The van der Waals surface area contributed by atoms with Crippen LogP contribution < -0.4 is 10.9 Å². The molecule has 84 valence electrons. The molecule has 5 heteroatoms. The van der Waals surface area contributed by atoms with Gasteiger partial charge in [-0.15, -0.1) is 0 Å². The second-order valence-electron chi connectivity index (χ2n) is 3.25. The lowest BCUT2D eigenvalue weighted by atomic mass is 10.2. The van der Waals surface area contributed by atoms with E-state index >= 15 is 0 Å². The number of rotatable bonds is 7. The molecule has 15 heavy (non-hydrogen) atoms. The minimum absolute atomic E-state index is 0.172. The summed E-state index contributed by atoms with van der Waals surface area (Å²) in [6.07, 6.45) is 6.24. The number of hydrogen-bond donors (Lipinski definition) is 2. The number of aromatic nitrogens is 2. The zero-order valence-corrected chi connectivity index (χ0v) is 8.95. The van der Waals surface area contributed by atoms with Crippen molar-refractivity contribution in [3.8, 4) is 0 Å². The van der Waals surface area contributed by atoms with Crippen LogP contribution in [0.25, 0.3) is 0 Å². The molecule has 1 aromatic rings. The zero-order chi connectivity index (χ0) is 10.9. The summed E-state index contributed by atoms with van der Waals surface area (Å²) in [5.41, 5.74) is -0.172. The molecule has 0 atom stereocenters. The number of ether oxygens (including phenoxy) is 1. The highest BCUT2D eigenvalue weighted by atomic mass is 16.5. The van der Waals surface area contributed by atoms with Gasteiger partial charge in [-0.25, -0.2) is 4.98 Å². The Balaban J connectivity index is 2.15. The maximum Gasteiger partial charge on any atom is 0.290 e. The Hall–Kier alpha value is -1.36. The molecule has 1 heterocycles. The lowest BCUT2D eigenvalue weighted by Gasteiger charge is -2.03. The summed E-state index contributed by atoms with van der Waals surface area (Å²) >= 11 is 0. The quantitative estimate of drug-likeness (QED) is 0.660. The fraction of sp³-hybridized carbons (Fsp3) is 0.600. The summed E-state index contributed by atoms with van der Waals surface area (Å²) in [6.45, 7) is 1.56. The highest BCUT2D eigenvalue weighted by molar-refractivity contribution is 5.29. The van der Waals surface area contributed by atoms with Crippen molar-refractivity contribution in [1.82, 2.24) is 9.97 Å². The van der Waals surface area contributed by atoms with Gasteiger partial charge in [0.1, 0.15) is 0 Å². The van der Waals surface area contributed by atoms with Gasteiger partial charge in [0.15, 0.2) is 5.82 Å². The minimum atomic E-state index is -0.172. The highest BCUT2D eigenvalue weighted by Crippen LogP contribution is 1.97. The number of methoxy groups -OCH3 is 1. The van der Waals surface area contributed by atoms with Crippen molar-refractivity contribution in [1.29, 1.82) is 0 Å². The van der Waals surface area contributed by atoms with Gasteiger partial charge in [-0.2, -0.15) is 0 Å². The zero-order valence-electron chi connectivity index (χ0n) is 8.95. The van der Waals surface area contributed by atoms with E-state index in [0.717, 1.165) is 32.4 Å². The fourth-order valence-electron chi connectivity index (χ4n) is 1.23. The van der Waals surface area contributed by atoms with Crippen LogP contribution in [0.15, 0.2) is 17.2 Å². The third-order valence-corrected chi connectivity index (χ3v) is 2.03. The van der Waals surface area contributed by atoms with Crippen LogP contribution in [0, 0.1) is 0 Å². The van der Waals surface area contributed by atoms with Crippen molar-refractivity contribution in [2.45, 2.75) is 19.3 Å². The number of anilines is 1. The molecular weight excluding hydrogens is 194 g/mol. The van der Waals surface area contributed by atoms with Crippen LogP contribution >= 0.6 is 0 Å². The molecule has 0 saturated carbocycles. The van der Waals surface area contributed by atoms with Gasteiger partial charge in [0, 0.05) is 32.7 Å². The van der Waals surface area contributed by atoms with E-state index in [1.54, 1.807) is 13.3 Å². The number of hydrogen-bond acceptors (Lipinski definition) is 4. The molecule has 0 fully saturated rings. The molecule has 0 unspecified atom stereocenters. The van der Waals surface area contributed by atoms with Crippen molar-refractivity contribution in [3.63, 3.8) is 0 Å². The molecule has 2 N–H and O–H groups in total. The Bertz CT molecular complexity index is 324. The number of nitrogens with zero attached hydrogens (tertiary/aromatic N) is 1. The van der Waals surface area contributed by atoms with E-state index in [9.17, 15) is 4.79 Å². The van der Waals surface area contributed by atoms with Crippen LogP contribution in [0.2, 0.25) is 0 Å². The van der Waals surface area contributed by atoms with E-state index in [4.69, 9.17) is 4.74 Å². The van der Waals surface area contributed by atoms with E-state index in [1.165, 1.54) is 6.20 Å². The average Bonchev–Trinajstić information content (AvgIpc) is 2.25. The monoisotopic (exact) mass is 211 g/mol. The Morgan fingerprint density at radius 3 is 3.07 bits per heavy atom. The van der Waals surface area contributed by atoms with Crippen molar-refractivity contribution < 1.29 is 4.74 Å². The van der Waals surface area contributed by atoms with Gasteiger partial charge in [0.25, 0.3) is 5.56 Å². The summed E-state index contributed by atoms with van der Waals surface area (Å²) < 4.78 is 4.94. The SMILES string of the molecule is COCCCCCNc1ncc[nH]c1=O. The summed E-state index contributed by atoms with van der Waals surface area (Å²) in [6, 6.07) is 0. The van der Waals surface area contributed by atoms with Gasteiger partial charge in [0.05, 0.1) is 0 Å². The standard InChI is InChI=1S/C10H17N3O2/c1-15-8-4-2-3-5-11-9-10(14)13-7-6-12-9/h6-7H,2-5,8H2,1H3,(H,11,12)(H,13,14). The van der Waals surface area contributed by atoms with Gasteiger partial charge in [-0.3, -0.25) is 4.79 Å². The second kappa shape index (κ2) is 7.00. The molecule has 0 aliphatic rings. The Morgan fingerprint density at radius 2 is 2.33 bits per heavy atom. The van der Waals surface area contributed by atoms with Gasteiger partial charge in [-0.1, -0.05) is 0 Å². The van der Waals surface area contributed by atoms with Crippen molar-refractivity contribution in [2.75, 3.05) is 25.6 Å². The third-order valence-electron chi connectivity index (χ3n) is 2.03. The maximum absolute atomic E-state index is 11.2. The van der Waals surface area contributed by atoms with Crippen LogP contribution in [-0.2, 0) is 4.74 Å². The average molecular weight is 211 g/mol. The molecule has 0 radical (unpaired) electrons. The van der Waals surface area contributed by atoms with Crippen LogP contribution in [0.4, 0.5) is 5.82 Å². The van der Waals surface area contributed by atoms with Gasteiger partial charge < -0.3 is 15.0 Å². The van der Waals surface area contributed by atoms with Gasteiger partial charge in [0.2, 0.25) is 0 Å². The molecule has 0 aromatic carbocycles. The molecule has 0 spiro atoms. The lowest BCUT2D eigenvalue weighted by Crippen LogP contribution is -2.16. The molecule has 1 rings (SSSR count). The topological polar surface area (TPSA) is 67.0 Å². The summed E-state index contributed by atoms with van der Waals surface area (Å²) in [7, 11) is 1.70. The Kier molecular flexibility index (Phi) is 5.47. The molecule has 5 nitrogen and oxygen atoms in total. The first-order valence-corrected chi connectivity index (χ1v) is 5.11. The first-order valence-electron chi connectivity index (χ1n) is 5.11. The highest BCUT2D eigenvalue weighted by Gasteiger charge is 1.97. The molecule has 0 aliphatic heterocycles. The summed E-state index contributed by atoms with van der Waals surface area (Å²) in [4.78, 5) is 17.7. The number of H-pyrrole nitrogens is 1. The Morgan fingerprint density at radius 1 is 1.47 bits per heavy atom. The van der Waals surface area contributed by atoms with Crippen molar-refractivity contribution in [3.05, 3.63) is 22.7 Å². The predicted octanol–water partition coefficient (Wildman–Crippen LogP) is 0.998. The number of nitrogens with one attached hydrogen (secondary N) is 2. The first kappa shape index (κ1) is 11.7. The molecule has 0 amide bonds. The van der Waals surface area contributed by atoms with E-state index in [1.807, 2.05) is 0 Å². The second-order valence-corrected chi connectivity index (χ2v) is 3.25. The molecule has 0 aliphatic carbocycles. The van der Waals surface area contributed by atoms with Gasteiger partial charge >= 0.3 is 0 Å². The molecule has 0 bridgehead atoms. The normalized spacial score (nSPS) is 10.2. The maximum atomic E-state index is 11.2. The third kappa shape index (κ3) is 4.60. The molecular formula is C10H17N3O2. The van der Waals surface area contributed by atoms with Crippen molar-refractivity contribution >= 4 is 5.82 Å². The van der Waals surface area contributed by atoms with E-state index in [0.29, 0.717) is 5.82 Å². The lowest BCUT2D eigenvalue weighted by molar-refractivity contribution is 0.192. The smallest absolute Gasteiger partial charge is 0.290 e. The van der Waals surface area contributed by atoms with Crippen LogP contribution in [-0.4, -0.2) is 30.2 Å². The minimum Gasteiger partial charge on any atom is -0.385 e. The first-order chi connectivity index (χ1) is 7.34. The van der Waals surface area contributed by atoms with E-state index < -0.39 is 0 Å². The predicted molar refractivity (Wildman–Crippen MR) is 59.1 cm³/mol. The summed E-state index contributed by atoms with van der Waals surface area (Å²) in [5, 5.41) is 2.99. The van der Waals surface area contributed by atoms with Crippen LogP contribution in [0.3, 0.4) is 0 Å². The fourth-order valence-corrected chi connectivity index (χ4v) is 1.23. The molecule has 0 saturated heterocycles. The van der Waals surface area contributed by atoms with Crippen LogP contribution in [0.1, 0.15) is 19.3 Å². The summed E-state index contributed by atoms with van der Waals surface area (Å²) in [5.74, 6) is 0.393. The van der Waals surface area contributed by atoms with Crippen molar-refractivity contribution in [2.24, 2.45) is 0 Å². The number of aromatic amines is 1. The largest absolute Gasteiger partial charge is 0.385 e. The number of unbranched alkanes of at least 4 members (excludes halogenated alkanes) is 2. The molecule has 1 aromatic heterocycles. The van der Waals surface area contributed by atoms with E-state index in [-0.39, 0.29) is 5.56 Å². The van der Waals surface area contributed by atoms with E-state index in [2.05, 4.69) is 15.3 Å². The van der Waals surface area contributed by atoms with Crippen LogP contribution in [0.5, 0.6) is 0 Å². The Labute approximate surface area is 88.9 Å². The van der Waals surface area contributed by atoms with Gasteiger partial charge in [-0.05, 0) is 19.3 Å².